The fraction of sp³-hybridized carbons (Fsp3) is 0.300. The number of carbonyl (C=O) groups excluding carboxylic acids is 1. The minimum atomic E-state index is -0.0594. The molecule has 0 bridgehead atoms. The number of rotatable bonds is 7. The van der Waals surface area contributed by atoms with E-state index in [-0.39, 0.29) is 5.91 Å². The van der Waals surface area contributed by atoms with Gasteiger partial charge >= 0.3 is 0 Å². The summed E-state index contributed by atoms with van der Waals surface area (Å²) in [5.41, 5.74) is 2.72. The van der Waals surface area contributed by atoms with Gasteiger partial charge in [0.2, 0.25) is 0 Å². The van der Waals surface area contributed by atoms with Crippen molar-refractivity contribution in [1.82, 2.24) is 16.0 Å². The zero-order chi connectivity index (χ0) is 18.8. The van der Waals surface area contributed by atoms with Crippen LogP contribution in [0.5, 0.6) is 0 Å². The molecule has 26 heavy (non-hydrogen) atoms. The first-order valence-electron chi connectivity index (χ1n) is 8.76. The Morgan fingerprint density at radius 1 is 0.962 bits per heavy atom. The highest BCUT2D eigenvalue weighted by atomic mass is 35.5. The summed E-state index contributed by atoms with van der Waals surface area (Å²) < 4.78 is 0. The van der Waals surface area contributed by atoms with E-state index in [0.29, 0.717) is 30.2 Å². The Balaban J connectivity index is 2.00. The fourth-order valence-corrected chi connectivity index (χ4v) is 2.63. The van der Waals surface area contributed by atoms with E-state index in [0.717, 1.165) is 23.6 Å². The van der Waals surface area contributed by atoms with Crippen molar-refractivity contribution in [3.05, 3.63) is 70.2 Å². The smallest absolute Gasteiger partial charge is 0.251 e. The molecule has 2 aromatic rings. The number of amides is 1. The molecule has 0 unspecified atom stereocenters. The number of carbonyl (C=O) groups is 1. The molecule has 0 radical (unpaired) electrons. The van der Waals surface area contributed by atoms with Gasteiger partial charge in [0.15, 0.2) is 5.96 Å². The van der Waals surface area contributed by atoms with Crippen LogP contribution in [0.25, 0.3) is 0 Å². The lowest BCUT2D eigenvalue weighted by molar-refractivity contribution is 0.0955. The molecule has 6 heteroatoms. The quantitative estimate of drug-likeness (QED) is 0.516. The van der Waals surface area contributed by atoms with Crippen LogP contribution in [-0.2, 0) is 13.1 Å². The summed E-state index contributed by atoms with van der Waals surface area (Å²) in [7, 11) is 0. The third-order valence-corrected chi connectivity index (χ3v) is 3.87. The molecule has 0 heterocycles. The SMILES string of the molecule is CCNC(=O)c1cccc(CNC(=NCc2cccc(Cl)c2)NCC)c1. The maximum atomic E-state index is 11.9. The van der Waals surface area contributed by atoms with Gasteiger partial charge in [-0.3, -0.25) is 4.79 Å². The molecule has 0 saturated carbocycles. The molecule has 0 spiro atoms. The summed E-state index contributed by atoms with van der Waals surface area (Å²) in [6, 6.07) is 15.2. The largest absolute Gasteiger partial charge is 0.357 e. The Labute approximate surface area is 159 Å². The molecule has 0 fully saturated rings. The summed E-state index contributed by atoms with van der Waals surface area (Å²) in [6.07, 6.45) is 0. The van der Waals surface area contributed by atoms with Crippen molar-refractivity contribution < 1.29 is 4.79 Å². The molecule has 0 saturated heterocycles. The first kappa shape index (κ1) is 19.8. The molecule has 0 aliphatic heterocycles. The van der Waals surface area contributed by atoms with E-state index >= 15 is 0 Å². The molecule has 138 valence electrons. The lowest BCUT2D eigenvalue weighted by Crippen LogP contribution is -2.36. The zero-order valence-corrected chi connectivity index (χ0v) is 15.9. The van der Waals surface area contributed by atoms with E-state index in [2.05, 4.69) is 20.9 Å². The van der Waals surface area contributed by atoms with Crippen LogP contribution in [0.3, 0.4) is 0 Å². The van der Waals surface area contributed by atoms with Crippen molar-refractivity contribution in [3.63, 3.8) is 0 Å². The van der Waals surface area contributed by atoms with Crippen LogP contribution in [0.15, 0.2) is 53.5 Å². The van der Waals surface area contributed by atoms with E-state index in [1.54, 1.807) is 0 Å². The summed E-state index contributed by atoms with van der Waals surface area (Å²) in [5.74, 6) is 0.659. The standard InChI is InChI=1S/C20H25ClN4O/c1-3-22-19(26)17-9-5-7-15(11-17)13-24-20(23-4-2)25-14-16-8-6-10-18(21)12-16/h5-12H,3-4,13-14H2,1-2H3,(H,22,26)(H2,23,24,25). The van der Waals surface area contributed by atoms with Crippen molar-refractivity contribution in [2.24, 2.45) is 4.99 Å². The lowest BCUT2D eigenvalue weighted by atomic mass is 10.1. The first-order valence-corrected chi connectivity index (χ1v) is 9.14. The van der Waals surface area contributed by atoms with Gasteiger partial charge in [-0.1, -0.05) is 35.9 Å². The summed E-state index contributed by atoms with van der Waals surface area (Å²) in [4.78, 5) is 16.5. The minimum absolute atomic E-state index is 0.0594. The Bertz CT molecular complexity index is 761. The number of halogens is 1. The highest BCUT2D eigenvalue weighted by molar-refractivity contribution is 6.30. The molecule has 1 amide bonds. The molecule has 0 aliphatic carbocycles. The average Bonchev–Trinajstić information content (AvgIpc) is 2.64. The maximum Gasteiger partial charge on any atom is 0.251 e. The zero-order valence-electron chi connectivity index (χ0n) is 15.2. The second kappa shape index (κ2) is 10.5. The maximum absolute atomic E-state index is 11.9. The molecule has 2 aromatic carbocycles. The van der Waals surface area contributed by atoms with Crippen molar-refractivity contribution in [1.29, 1.82) is 0 Å². The van der Waals surface area contributed by atoms with E-state index in [4.69, 9.17) is 11.6 Å². The first-order chi connectivity index (χ1) is 12.6. The van der Waals surface area contributed by atoms with Crippen LogP contribution in [0.4, 0.5) is 0 Å². The Morgan fingerprint density at radius 2 is 1.69 bits per heavy atom. The summed E-state index contributed by atoms with van der Waals surface area (Å²) >= 11 is 6.01. The van der Waals surface area contributed by atoms with E-state index in [1.807, 2.05) is 62.4 Å². The van der Waals surface area contributed by atoms with Crippen molar-refractivity contribution in [2.45, 2.75) is 26.9 Å². The van der Waals surface area contributed by atoms with Gasteiger partial charge in [0.25, 0.3) is 5.91 Å². The fourth-order valence-electron chi connectivity index (χ4n) is 2.42. The van der Waals surface area contributed by atoms with Gasteiger partial charge in [-0.25, -0.2) is 4.99 Å². The van der Waals surface area contributed by atoms with Gasteiger partial charge in [-0.15, -0.1) is 0 Å². The van der Waals surface area contributed by atoms with Crippen molar-refractivity contribution in [3.8, 4) is 0 Å². The summed E-state index contributed by atoms with van der Waals surface area (Å²) in [6.45, 7) is 6.42. The third kappa shape index (κ3) is 6.41. The van der Waals surface area contributed by atoms with Gasteiger partial charge in [-0.05, 0) is 49.2 Å². The number of hydrogen-bond donors (Lipinski definition) is 3. The highest BCUT2D eigenvalue weighted by Gasteiger charge is 2.05. The third-order valence-electron chi connectivity index (χ3n) is 3.64. The predicted octanol–water partition coefficient (Wildman–Crippen LogP) is 3.35. The van der Waals surface area contributed by atoms with Gasteiger partial charge < -0.3 is 16.0 Å². The predicted molar refractivity (Wildman–Crippen MR) is 108 cm³/mol. The Morgan fingerprint density at radius 3 is 2.42 bits per heavy atom. The van der Waals surface area contributed by atoms with E-state index < -0.39 is 0 Å². The second-order valence-electron chi connectivity index (χ2n) is 5.74. The Kier molecular flexibility index (Phi) is 7.96. The van der Waals surface area contributed by atoms with Gasteiger partial charge in [-0.2, -0.15) is 0 Å². The normalized spacial score (nSPS) is 11.1. The number of benzene rings is 2. The molecule has 5 nitrogen and oxygen atoms in total. The number of aliphatic imine (C=N–C) groups is 1. The second-order valence-corrected chi connectivity index (χ2v) is 6.17. The van der Waals surface area contributed by atoms with Crippen LogP contribution in [0.1, 0.15) is 35.3 Å². The molecule has 0 atom stereocenters. The van der Waals surface area contributed by atoms with E-state index in [1.165, 1.54) is 0 Å². The topological polar surface area (TPSA) is 65.5 Å². The molecule has 3 N–H and O–H groups in total. The number of guanidine groups is 1. The van der Waals surface area contributed by atoms with Crippen molar-refractivity contribution in [2.75, 3.05) is 13.1 Å². The lowest BCUT2D eigenvalue weighted by Gasteiger charge is -2.12. The number of nitrogens with zero attached hydrogens (tertiary/aromatic N) is 1. The van der Waals surface area contributed by atoms with Crippen LogP contribution in [0, 0.1) is 0 Å². The van der Waals surface area contributed by atoms with Crippen LogP contribution >= 0.6 is 11.6 Å². The van der Waals surface area contributed by atoms with Crippen LogP contribution < -0.4 is 16.0 Å². The van der Waals surface area contributed by atoms with Crippen LogP contribution in [-0.4, -0.2) is 25.0 Å². The highest BCUT2D eigenvalue weighted by Crippen LogP contribution is 2.11. The number of hydrogen-bond acceptors (Lipinski definition) is 2. The number of nitrogens with one attached hydrogen (secondary N) is 3. The van der Waals surface area contributed by atoms with E-state index in [9.17, 15) is 4.79 Å². The molecule has 0 aliphatic rings. The van der Waals surface area contributed by atoms with Gasteiger partial charge in [0, 0.05) is 30.2 Å². The molecule has 2 rings (SSSR count). The monoisotopic (exact) mass is 372 g/mol. The summed E-state index contributed by atoms with van der Waals surface area (Å²) in [5, 5.41) is 10.0. The minimum Gasteiger partial charge on any atom is -0.357 e. The van der Waals surface area contributed by atoms with Gasteiger partial charge in [0.05, 0.1) is 6.54 Å². The van der Waals surface area contributed by atoms with Crippen LogP contribution in [0.2, 0.25) is 5.02 Å². The molecular formula is C20H25ClN4O. The van der Waals surface area contributed by atoms with Gasteiger partial charge in [0.1, 0.15) is 0 Å². The average molecular weight is 373 g/mol. The Hall–Kier alpha value is -2.53. The molecular weight excluding hydrogens is 348 g/mol. The molecule has 0 aromatic heterocycles. The van der Waals surface area contributed by atoms with Crippen molar-refractivity contribution >= 4 is 23.5 Å².